The van der Waals surface area contributed by atoms with Crippen molar-refractivity contribution in [3.8, 4) is 0 Å². The summed E-state index contributed by atoms with van der Waals surface area (Å²) >= 11 is 0. The maximum atomic E-state index is 13.1. The van der Waals surface area contributed by atoms with Crippen molar-refractivity contribution in [1.82, 2.24) is 9.97 Å². The van der Waals surface area contributed by atoms with Gasteiger partial charge in [0.05, 0.1) is 17.6 Å². The van der Waals surface area contributed by atoms with Gasteiger partial charge in [-0.05, 0) is 37.1 Å². The van der Waals surface area contributed by atoms with Crippen molar-refractivity contribution in [3.63, 3.8) is 0 Å². The third-order valence-corrected chi connectivity index (χ3v) is 5.74. The van der Waals surface area contributed by atoms with Crippen LogP contribution in [0.2, 0.25) is 0 Å². The SMILES string of the molecule is CC[C@H](CC(=O)c1ccc2c(n1)N(C(=O)Nc1ccccn1)[C@H]1CCN2C1)C(F)(F)F. The monoisotopic (exact) mass is 433 g/mol. The minimum Gasteiger partial charge on any atom is -0.366 e. The molecular formula is C21H22F3N5O2. The molecule has 0 unspecified atom stereocenters. The first-order valence-electron chi connectivity index (χ1n) is 10.1. The van der Waals surface area contributed by atoms with Gasteiger partial charge in [0.25, 0.3) is 0 Å². The predicted molar refractivity (Wildman–Crippen MR) is 109 cm³/mol. The number of ketones is 1. The van der Waals surface area contributed by atoms with Gasteiger partial charge in [0.1, 0.15) is 11.5 Å². The average molecular weight is 433 g/mol. The Bertz CT molecular complexity index is 983. The van der Waals surface area contributed by atoms with Crippen molar-refractivity contribution in [2.45, 2.75) is 38.4 Å². The van der Waals surface area contributed by atoms with Crippen molar-refractivity contribution in [3.05, 3.63) is 42.2 Å². The Labute approximate surface area is 177 Å². The van der Waals surface area contributed by atoms with Crippen LogP contribution in [0.15, 0.2) is 36.5 Å². The summed E-state index contributed by atoms with van der Waals surface area (Å²) in [5.41, 5.74) is 0.615. The van der Waals surface area contributed by atoms with E-state index >= 15 is 0 Å². The van der Waals surface area contributed by atoms with Gasteiger partial charge in [-0.2, -0.15) is 13.2 Å². The highest BCUT2D eigenvalue weighted by molar-refractivity contribution is 6.05. The summed E-state index contributed by atoms with van der Waals surface area (Å²) in [6.07, 6.45) is -3.02. The van der Waals surface area contributed by atoms with Crippen molar-refractivity contribution in [1.29, 1.82) is 0 Å². The summed E-state index contributed by atoms with van der Waals surface area (Å²) in [7, 11) is 0. The molecule has 2 bridgehead atoms. The Morgan fingerprint density at radius 1 is 1.26 bits per heavy atom. The Balaban J connectivity index is 1.63. The van der Waals surface area contributed by atoms with E-state index in [0.717, 1.165) is 13.0 Å². The van der Waals surface area contributed by atoms with Gasteiger partial charge in [-0.1, -0.05) is 13.0 Å². The minimum absolute atomic E-state index is 0.0698. The van der Waals surface area contributed by atoms with Crippen LogP contribution in [0.5, 0.6) is 0 Å². The number of amides is 2. The lowest BCUT2D eigenvalue weighted by atomic mass is 9.97. The molecule has 164 valence electrons. The highest BCUT2D eigenvalue weighted by Crippen LogP contribution is 2.39. The Morgan fingerprint density at radius 2 is 2.06 bits per heavy atom. The zero-order valence-electron chi connectivity index (χ0n) is 16.9. The largest absolute Gasteiger partial charge is 0.392 e. The van der Waals surface area contributed by atoms with Gasteiger partial charge >= 0.3 is 12.2 Å². The predicted octanol–water partition coefficient (Wildman–Crippen LogP) is 4.27. The number of pyridine rings is 2. The molecule has 0 aliphatic carbocycles. The zero-order chi connectivity index (χ0) is 22.2. The molecule has 31 heavy (non-hydrogen) atoms. The van der Waals surface area contributed by atoms with Crippen molar-refractivity contribution < 1.29 is 22.8 Å². The van der Waals surface area contributed by atoms with Crippen LogP contribution < -0.4 is 15.1 Å². The van der Waals surface area contributed by atoms with Crippen LogP contribution in [-0.4, -0.2) is 47.1 Å². The number of anilines is 3. The normalized spacial score (nSPS) is 18.5. The van der Waals surface area contributed by atoms with Gasteiger partial charge in [0, 0.05) is 25.7 Å². The standard InChI is InChI=1S/C21H22F3N5O2/c1-2-13(21(22,23)24)11-17(30)15-6-7-16-19(26-15)29(14-8-10-28(16)12-14)20(31)27-18-5-3-4-9-25-18/h3-7,9,13-14H,2,8,10-12H2,1H3,(H,25,27,31)/t13-,14+/m1/s1. The van der Waals surface area contributed by atoms with Crippen LogP contribution >= 0.6 is 0 Å². The molecule has 4 rings (SSSR count). The first kappa shape index (κ1) is 21.1. The van der Waals surface area contributed by atoms with Crippen LogP contribution in [-0.2, 0) is 0 Å². The van der Waals surface area contributed by atoms with Crippen molar-refractivity contribution in [2.24, 2.45) is 5.92 Å². The minimum atomic E-state index is -4.45. The van der Waals surface area contributed by atoms with Crippen molar-refractivity contribution >= 4 is 29.1 Å². The van der Waals surface area contributed by atoms with E-state index < -0.39 is 30.3 Å². The second-order valence-electron chi connectivity index (χ2n) is 7.72. The number of rotatable bonds is 5. The van der Waals surface area contributed by atoms with Crippen LogP contribution in [0.1, 0.15) is 36.7 Å². The van der Waals surface area contributed by atoms with E-state index in [1.807, 2.05) is 0 Å². The molecule has 4 heterocycles. The third-order valence-electron chi connectivity index (χ3n) is 5.74. The van der Waals surface area contributed by atoms with E-state index in [2.05, 4.69) is 20.2 Å². The van der Waals surface area contributed by atoms with Gasteiger partial charge in [-0.25, -0.2) is 14.8 Å². The van der Waals surface area contributed by atoms with Crippen LogP contribution in [0, 0.1) is 5.92 Å². The third kappa shape index (κ3) is 4.19. The highest BCUT2D eigenvalue weighted by atomic mass is 19.4. The maximum Gasteiger partial charge on any atom is 0.392 e. The molecular weight excluding hydrogens is 411 g/mol. The molecule has 2 aromatic rings. The molecule has 0 aromatic carbocycles. The summed E-state index contributed by atoms with van der Waals surface area (Å²) in [5.74, 6) is -1.75. The van der Waals surface area contributed by atoms with E-state index in [9.17, 15) is 22.8 Å². The fourth-order valence-electron chi connectivity index (χ4n) is 4.05. The summed E-state index contributed by atoms with van der Waals surface area (Å²) in [6.45, 7) is 2.76. The number of halogens is 3. The average Bonchev–Trinajstić information content (AvgIpc) is 3.15. The van der Waals surface area contributed by atoms with E-state index in [-0.39, 0.29) is 24.0 Å². The molecule has 2 aliphatic rings. The quantitative estimate of drug-likeness (QED) is 0.713. The molecule has 7 nitrogen and oxygen atoms in total. The van der Waals surface area contributed by atoms with E-state index in [1.165, 1.54) is 17.9 Å². The fourth-order valence-corrected chi connectivity index (χ4v) is 4.05. The molecule has 2 aromatic heterocycles. The number of carbonyl (C=O) groups excluding carboxylic acids is 2. The Kier molecular flexibility index (Phi) is 5.55. The Morgan fingerprint density at radius 3 is 2.74 bits per heavy atom. The number of fused-ring (bicyclic) bond motifs is 4. The number of hydrogen-bond acceptors (Lipinski definition) is 5. The number of carbonyl (C=O) groups is 2. The van der Waals surface area contributed by atoms with E-state index in [0.29, 0.717) is 18.1 Å². The maximum absolute atomic E-state index is 13.1. The number of nitrogens with one attached hydrogen (secondary N) is 1. The summed E-state index contributed by atoms with van der Waals surface area (Å²) < 4.78 is 39.3. The van der Waals surface area contributed by atoms with Gasteiger partial charge in [0.15, 0.2) is 11.6 Å². The van der Waals surface area contributed by atoms with Gasteiger partial charge in [-0.15, -0.1) is 0 Å². The molecule has 1 N–H and O–H groups in total. The van der Waals surface area contributed by atoms with Gasteiger partial charge < -0.3 is 4.90 Å². The molecule has 0 saturated carbocycles. The van der Waals surface area contributed by atoms with Crippen molar-refractivity contribution in [2.75, 3.05) is 28.2 Å². The molecule has 2 atom stereocenters. The fraction of sp³-hybridized carbons (Fsp3) is 0.429. The first-order chi connectivity index (χ1) is 14.8. The lowest BCUT2D eigenvalue weighted by Gasteiger charge is -2.35. The number of hydrogen-bond donors (Lipinski definition) is 1. The second-order valence-corrected chi connectivity index (χ2v) is 7.72. The number of alkyl halides is 3. The molecule has 2 amide bonds. The molecule has 2 aliphatic heterocycles. The number of nitrogens with zero attached hydrogens (tertiary/aromatic N) is 4. The number of aromatic nitrogens is 2. The zero-order valence-corrected chi connectivity index (χ0v) is 16.9. The lowest BCUT2D eigenvalue weighted by Crippen LogP contribution is -2.48. The highest BCUT2D eigenvalue weighted by Gasteiger charge is 2.42. The van der Waals surface area contributed by atoms with Gasteiger partial charge in [-0.3, -0.25) is 15.0 Å². The molecule has 0 radical (unpaired) electrons. The van der Waals surface area contributed by atoms with E-state index in [1.54, 1.807) is 30.5 Å². The second kappa shape index (κ2) is 8.16. The van der Waals surface area contributed by atoms with Crippen LogP contribution in [0.3, 0.4) is 0 Å². The molecule has 0 spiro atoms. The summed E-state index contributed by atoms with van der Waals surface area (Å²) in [4.78, 5) is 37.6. The molecule has 10 heteroatoms. The Hall–Kier alpha value is -3.17. The first-order valence-corrected chi connectivity index (χ1v) is 10.1. The molecule has 1 saturated heterocycles. The molecule has 1 fully saturated rings. The van der Waals surface area contributed by atoms with Gasteiger partial charge in [0.2, 0.25) is 0 Å². The van der Waals surface area contributed by atoms with Crippen LogP contribution in [0.4, 0.5) is 35.3 Å². The number of Topliss-reactive ketones (excluding diaryl/α,β-unsaturated/α-hetero) is 1. The summed E-state index contributed by atoms with van der Waals surface area (Å²) in [6, 6.07) is 7.64. The number of urea groups is 1. The van der Waals surface area contributed by atoms with E-state index in [4.69, 9.17) is 0 Å². The summed E-state index contributed by atoms with van der Waals surface area (Å²) in [5, 5.41) is 2.73. The lowest BCUT2D eigenvalue weighted by molar-refractivity contribution is -0.174. The smallest absolute Gasteiger partial charge is 0.366 e. The topological polar surface area (TPSA) is 78.4 Å². The van der Waals surface area contributed by atoms with Crippen LogP contribution in [0.25, 0.3) is 0 Å².